The molecule has 2 rings (SSSR count). The fourth-order valence-corrected chi connectivity index (χ4v) is 3.63. The van der Waals surface area contributed by atoms with E-state index in [1.165, 1.54) is 4.90 Å². The van der Waals surface area contributed by atoms with Crippen LogP contribution in [0.5, 0.6) is 11.5 Å². The van der Waals surface area contributed by atoms with Crippen LogP contribution in [0.4, 0.5) is 5.69 Å². The summed E-state index contributed by atoms with van der Waals surface area (Å²) in [6.45, 7) is 1.57. The smallest absolute Gasteiger partial charge is 0.245 e. The van der Waals surface area contributed by atoms with E-state index in [2.05, 4.69) is 0 Å². The highest BCUT2D eigenvalue weighted by Crippen LogP contribution is 2.27. The predicted molar refractivity (Wildman–Crippen MR) is 98.4 cm³/mol. The molecule has 0 spiro atoms. The highest BCUT2D eigenvalue weighted by molar-refractivity contribution is 7.92. The van der Waals surface area contributed by atoms with Crippen molar-refractivity contribution in [1.29, 1.82) is 0 Å². The number of rotatable bonds is 6. The molecule has 0 saturated carbocycles. The molecule has 0 fully saturated rings. The third kappa shape index (κ3) is 4.73. The minimum Gasteiger partial charge on any atom is -0.457 e. The second-order valence-corrected chi connectivity index (χ2v) is 7.74. The first-order chi connectivity index (χ1) is 11.7. The Labute approximate surface area is 148 Å². The lowest BCUT2D eigenvalue weighted by Crippen LogP contribution is -2.47. The molecule has 25 heavy (non-hydrogen) atoms. The Hall–Kier alpha value is -2.54. The van der Waals surface area contributed by atoms with Crippen LogP contribution in [-0.2, 0) is 14.8 Å². The number of ether oxygens (including phenoxy) is 1. The second kappa shape index (κ2) is 7.57. The van der Waals surface area contributed by atoms with Crippen LogP contribution in [0, 0.1) is 0 Å². The summed E-state index contributed by atoms with van der Waals surface area (Å²) >= 11 is 0. The molecule has 0 radical (unpaired) electrons. The van der Waals surface area contributed by atoms with Gasteiger partial charge < -0.3 is 9.64 Å². The van der Waals surface area contributed by atoms with Crippen LogP contribution >= 0.6 is 0 Å². The number of hydrogen-bond donors (Lipinski definition) is 0. The summed E-state index contributed by atoms with van der Waals surface area (Å²) in [6.07, 6.45) is 1.08. The number of hydrogen-bond acceptors (Lipinski definition) is 4. The fraction of sp³-hybridized carbons (Fsp3) is 0.278. The van der Waals surface area contributed by atoms with Crippen molar-refractivity contribution in [3.8, 4) is 11.5 Å². The molecule has 0 aliphatic heterocycles. The maximum Gasteiger partial charge on any atom is 0.245 e. The summed E-state index contributed by atoms with van der Waals surface area (Å²) < 4.78 is 31.2. The number of anilines is 1. The maximum absolute atomic E-state index is 12.2. The monoisotopic (exact) mass is 362 g/mol. The Morgan fingerprint density at radius 2 is 1.48 bits per heavy atom. The third-order valence-electron chi connectivity index (χ3n) is 3.58. The van der Waals surface area contributed by atoms with Crippen molar-refractivity contribution in [2.45, 2.75) is 13.0 Å². The summed E-state index contributed by atoms with van der Waals surface area (Å²) in [5, 5.41) is 0. The van der Waals surface area contributed by atoms with E-state index < -0.39 is 16.1 Å². The highest BCUT2D eigenvalue weighted by Gasteiger charge is 2.29. The first-order valence-corrected chi connectivity index (χ1v) is 9.58. The van der Waals surface area contributed by atoms with Crippen molar-refractivity contribution in [1.82, 2.24) is 4.90 Å². The predicted octanol–water partition coefficient (Wildman–Crippen LogP) is 2.72. The minimum atomic E-state index is -3.62. The summed E-state index contributed by atoms with van der Waals surface area (Å²) in [5.74, 6) is 0.969. The Kier molecular flexibility index (Phi) is 5.69. The van der Waals surface area contributed by atoms with Gasteiger partial charge >= 0.3 is 0 Å². The maximum atomic E-state index is 12.2. The van der Waals surface area contributed by atoms with Crippen molar-refractivity contribution >= 4 is 21.6 Å². The molecule has 7 heteroatoms. The zero-order valence-electron chi connectivity index (χ0n) is 14.7. The average molecular weight is 362 g/mol. The third-order valence-corrected chi connectivity index (χ3v) is 4.82. The molecule has 1 amide bonds. The number of benzene rings is 2. The van der Waals surface area contributed by atoms with Crippen molar-refractivity contribution in [3.05, 3.63) is 54.6 Å². The molecular formula is C18H22N2O4S. The fourth-order valence-electron chi connectivity index (χ4n) is 2.46. The SMILES string of the molecule is C[C@H](C(=O)N(C)C)N(c1ccc(Oc2ccccc2)cc1)S(C)(=O)=O. The molecule has 0 heterocycles. The molecule has 1 atom stereocenters. The molecule has 2 aromatic carbocycles. The quantitative estimate of drug-likeness (QED) is 0.792. The van der Waals surface area contributed by atoms with Gasteiger partial charge in [-0.3, -0.25) is 9.10 Å². The van der Waals surface area contributed by atoms with E-state index in [0.717, 1.165) is 10.6 Å². The number of nitrogens with zero attached hydrogens (tertiary/aromatic N) is 2. The van der Waals surface area contributed by atoms with E-state index in [1.807, 2.05) is 30.3 Å². The molecule has 2 aromatic rings. The van der Waals surface area contributed by atoms with Gasteiger partial charge in [0, 0.05) is 14.1 Å². The van der Waals surface area contributed by atoms with Gasteiger partial charge in [0.15, 0.2) is 0 Å². The van der Waals surface area contributed by atoms with Crippen LogP contribution in [0.2, 0.25) is 0 Å². The normalized spacial score (nSPS) is 12.3. The second-order valence-electron chi connectivity index (χ2n) is 5.88. The molecule has 0 aliphatic rings. The Bertz CT molecular complexity index is 818. The summed E-state index contributed by atoms with van der Waals surface area (Å²) in [4.78, 5) is 13.6. The molecule has 0 aromatic heterocycles. The van der Waals surface area contributed by atoms with E-state index >= 15 is 0 Å². The van der Waals surface area contributed by atoms with Crippen LogP contribution in [-0.4, -0.2) is 45.6 Å². The van der Waals surface area contributed by atoms with Crippen LogP contribution in [0.25, 0.3) is 0 Å². The summed E-state index contributed by atoms with van der Waals surface area (Å²) in [6, 6.07) is 15.0. The zero-order valence-corrected chi connectivity index (χ0v) is 15.5. The van der Waals surface area contributed by atoms with Gasteiger partial charge in [0.25, 0.3) is 0 Å². The average Bonchev–Trinajstić information content (AvgIpc) is 2.55. The lowest BCUT2D eigenvalue weighted by molar-refractivity contribution is -0.129. The Morgan fingerprint density at radius 1 is 0.960 bits per heavy atom. The lowest BCUT2D eigenvalue weighted by atomic mass is 10.2. The summed E-state index contributed by atoms with van der Waals surface area (Å²) in [5.41, 5.74) is 0.408. The van der Waals surface area contributed by atoms with Crippen LogP contribution in [0.3, 0.4) is 0 Å². The van der Waals surface area contributed by atoms with Crippen LogP contribution in [0.15, 0.2) is 54.6 Å². The van der Waals surface area contributed by atoms with E-state index in [1.54, 1.807) is 45.3 Å². The molecule has 6 nitrogen and oxygen atoms in total. The minimum absolute atomic E-state index is 0.296. The van der Waals surface area contributed by atoms with Crippen molar-refractivity contribution in [3.63, 3.8) is 0 Å². The number of likely N-dealkylation sites (N-methyl/N-ethyl adjacent to an activating group) is 1. The molecule has 0 N–H and O–H groups in total. The first-order valence-electron chi connectivity index (χ1n) is 7.73. The van der Waals surface area contributed by atoms with Crippen LogP contribution in [0.1, 0.15) is 6.92 Å². The number of carbonyl (C=O) groups is 1. The van der Waals surface area contributed by atoms with Gasteiger partial charge in [-0.2, -0.15) is 0 Å². The Balaban J connectivity index is 2.28. The van der Waals surface area contributed by atoms with Crippen molar-refractivity contribution in [2.75, 3.05) is 24.7 Å². The van der Waals surface area contributed by atoms with Gasteiger partial charge in [-0.1, -0.05) is 18.2 Å². The van der Waals surface area contributed by atoms with E-state index in [4.69, 9.17) is 4.74 Å². The highest BCUT2D eigenvalue weighted by atomic mass is 32.2. The van der Waals surface area contributed by atoms with E-state index in [-0.39, 0.29) is 5.91 Å². The number of amides is 1. The Morgan fingerprint density at radius 3 is 1.96 bits per heavy atom. The van der Waals surface area contributed by atoms with E-state index in [0.29, 0.717) is 17.2 Å². The molecule has 0 unspecified atom stereocenters. The number of sulfonamides is 1. The van der Waals surface area contributed by atoms with Gasteiger partial charge in [0.1, 0.15) is 17.5 Å². The lowest BCUT2D eigenvalue weighted by Gasteiger charge is -2.30. The van der Waals surface area contributed by atoms with E-state index in [9.17, 15) is 13.2 Å². The van der Waals surface area contributed by atoms with Gasteiger partial charge in [-0.25, -0.2) is 8.42 Å². The van der Waals surface area contributed by atoms with Gasteiger partial charge in [0.05, 0.1) is 11.9 Å². The van der Waals surface area contributed by atoms with Crippen LogP contribution < -0.4 is 9.04 Å². The van der Waals surface area contributed by atoms with Gasteiger partial charge in [-0.05, 0) is 43.3 Å². The summed E-state index contributed by atoms with van der Waals surface area (Å²) in [7, 11) is -0.436. The van der Waals surface area contributed by atoms with Gasteiger partial charge in [0.2, 0.25) is 15.9 Å². The topological polar surface area (TPSA) is 66.9 Å². The first kappa shape index (κ1) is 18.8. The van der Waals surface area contributed by atoms with Crippen molar-refractivity contribution < 1.29 is 17.9 Å². The molecule has 134 valence electrons. The zero-order chi connectivity index (χ0) is 18.6. The largest absolute Gasteiger partial charge is 0.457 e. The standard InChI is InChI=1S/C18H22N2O4S/c1-14(18(21)19(2)3)20(25(4,22)23)15-10-12-17(13-11-15)24-16-8-6-5-7-9-16/h5-14H,1-4H3/t14-/m1/s1. The molecule has 0 bridgehead atoms. The number of carbonyl (C=O) groups excluding carboxylic acids is 1. The molecular weight excluding hydrogens is 340 g/mol. The number of para-hydroxylation sites is 1. The van der Waals surface area contributed by atoms with Gasteiger partial charge in [-0.15, -0.1) is 0 Å². The molecule has 0 saturated heterocycles. The molecule has 0 aliphatic carbocycles. The van der Waals surface area contributed by atoms with Crippen molar-refractivity contribution in [2.24, 2.45) is 0 Å².